The largest absolute Gasteiger partial charge is 0.457 e. The molecule has 120 valence electrons. The number of thiazole rings is 1. The van der Waals surface area contributed by atoms with E-state index in [0.29, 0.717) is 16.6 Å². The number of carbonyl (C=O) groups is 2. The molecule has 0 bridgehead atoms. The molecule has 0 aliphatic heterocycles. The first-order valence-electron chi connectivity index (χ1n) is 7.05. The summed E-state index contributed by atoms with van der Waals surface area (Å²) in [6.45, 7) is 0. The van der Waals surface area contributed by atoms with Crippen molar-refractivity contribution in [3.63, 3.8) is 0 Å². The molecule has 0 aliphatic carbocycles. The number of ether oxygens (including phenoxy) is 1. The number of carbonyl (C=O) groups excluding carboxylic acids is 2. The van der Waals surface area contributed by atoms with Gasteiger partial charge in [0.15, 0.2) is 5.13 Å². The number of rotatable bonds is 4. The monoisotopic (exact) mass is 339 g/mol. The smallest absolute Gasteiger partial charge is 0.315 e. The van der Waals surface area contributed by atoms with Crippen molar-refractivity contribution >= 4 is 34.0 Å². The minimum Gasteiger partial charge on any atom is -0.457 e. The molecule has 0 aliphatic rings. The van der Waals surface area contributed by atoms with Gasteiger partial charge in [0.25, 0.3) is 0 Å². The zero-order chi connectivity index (χ0) is 16.8. The minimum absolute atomic E-state index is 0.377. The van der Waals surface area contributed by atoms with Gasteiger partial charge in [0.2, 0.25) is 0 Å². The molecule has 24 heavy (non-hydrogen) atoms. The number of para-hydroxylation sites is 1. The second-order valence-corrected chi connectivity index (χ2v) is 5.58. The maximum absolute atomic E-state index is 11.8. The summed E-state index contributed by atoms with van der Waals surface area (Å²) in [6.07, 6.45) is 1.55. The third-order valence-corrected chi connectivity index (χ3v) is 3.64. The molecule has 2 N–H and O–H groups in total. The Labute approximate surface area is 142 Å². The lowest BCUT2D eigenvalue weighted by molar-refractivity contribution is -0.132. The van der Waals surface area contributed by atoms with E-state index in [-0.39, 0.29) is 0 Å². The predicted molar refractivity (Wildman–Crippen MR) is 92.3 cm³/mol. The van der Waals surface area contributed by atoms with Crippen molar-refractivity contribution < 1.29 is 14.3 Å². The quantitative estimate of drug-likeness (QED) is 0.713. The van der Waals surface area contributed by atoms with Crippen LogP contribution in [0.3, 0.4) is 0 Å². The van der Waals surface area contributed by atoms with E-state index in [4.69, 9.17) is 4.74 Å². The van der Waals surface area contributed by atoms with Crippen LogP contribution < -0.4 is 15.4 Å². The van der Waals surface area contributed by atoms with Crippen LogP contribution in [0.4, 0.5) is 10.8 Å². The highest BCUT2D eigenvalue weighted by Crippen LogP contribution is 2.22. The van der Waals surface area contributed by atoms with Crippen molar-refractivity contribution in [2.24, 2.45) is 0 Å². The number of aromatic nitrogens is 1. The van der Waals surface area contributed by atoms with Crippen LogP contribution in [0.1, 0.15) is 0 Å². The summed E-state index contributed by atoms with van der Waals surface area (Å²) < 4.78 is 5.66. The van der Waals surface area contributed by atoms with E-state index < -0.39 is 11.8 Å². The number of anilines is 2. The first-order valence-corrected chi connectivity index (χ1v) is 7.93. The van der Waals surface area contributed by atoms with Gasteiger partial charge in [-0.2, -0.15) is 0 Å². The van der Waals surface area contributed by atoms with Crippen LogP contribution in [-0.2, 0) is 9.59 Å². The summed E-state index contributed by atoms with van der Waals surface area (Å²) in [5.41, 5.74) is 0.495. The normalized spacial score (nSPS) is 10.0. The fraction of sp³-hybridized carbons (Fsp3) is 0. The van der Waals surface area contributed by atoms with E-state index in [0.717, 1.165) is 5.75 Å². The molecule has 1 aromatic heterocycles. The van der Waals surface area contributed by atoms with Gasteiger partial charge in [-0.3, -0.25) is 14.9 Å². The maximum Gasteiger partial charge on any atom is 0.315 e. The molecule has 2 amide bonds. The highest BCUT2D eigenvalue weighted by atomic mass is 32.1. The van der Waals surface area contributed by atoms with Gasteiger partial charge < -0.3 is 10.1 Å². The lowest BCUT2D eigenvalue weighted by Crippen LogP contribution is -2.28. The summed E-state index contributed by atoms with van der Waals surface area (Å²) >= 11 is 1.24. The average Bonchev–Trinajstić information content (AvgIpc) is 3.10. The second kappa shape index (κ2) is 7.38. The van der Waals surface area contributed by atoms with Gasteiger partial charge in [0.05, 0.1) is 0 Å². The lowest BCUT2D eigenvalue weighted by Gasteiger charge is -2.07. The zero-order valence-electron chi connectivity index (χ0n) is 12.4. The molecule has 0 spiro atoms. The van der Waals surface area contributed by atoms with E-state index in [1.54, 1.807) is 35.8 Å². The van der Waals surface area contributed by atoms with E-state index in [9.17, 15) is 9.59 Å². The number of amides is 2. The third kappa shape index (κ3) is 4.17. The Balaban J connectivity index is 1.57. The highest BCUT2D eigenvalue weighted by molar-refractivity contribution is 7.13. The molecular weight excluding hydrogens is 326 g/mol. The van der Waals surface area contributed by atoms with Gasteiger partial charge in [-0.1, -0.05) is 18.2 Å². The summed E-state index contributed by atoms with van der Waals surface area (Å²) in [6, 6.07) is 16.1. The first-order chi connectivity index (χ1) is 11.7. The SMILES string of the molecule is O=C(Nc1ccc(Oc2ccccc2)cc1)C(=O)Nc1nccs1. The van der Waals surface area contributed by atoms with Gasteiger partial charge in [-0.05, 0) is 36.4 Å². The molecule has 0 unspecified atom stereocenters. The van der Waals surface area contributed by atoms with Crippen LogP contribution in [0, 0.1) is 0 Å². The molecule has 3 rings (SSSR count). The zero-order valence-corrected chi connectivity index (χ0v) is 13.2. The van der Waals surface area contributed by atoms with Crippen LogP contribution in [0.15, 0.2) is 66.2 Å². The Morgan fingerprint density at radius 1 is 0.875 bits per heavy atom. The number of hydrogen-bond acceptors (Lipinski definition) is 5. The van der Waals surface area contributed by atoms with Gasteiger partial charge >= 0.3 is 11.8 Å². The van der Waals surface area contributed by atoms with Crippen molar-refractivity contribution in [1.29, 1.82) is 0 Å². The molecule has 0 saturated heterocycles. The molecule has 7 heteroatoms. The van der Waals surface area contributed by atoms with Crippen LogP contribution in [0.2, 0.25) is 0 Å². The topological polar surface area (TPSA) is 80.3 Å². The van der Waals surface area contributed by atoms with E-state index in [1.165, 1.54) is 11.3 Å². The summed E-state index contributed by atoms with van der Waals surface area (Å²) in [5.74, 6) is -0.181. The van der Waals surface area contributed by atoms with Gasteiger partial charge in [-0.15, -0.1) is 11.3 Å². The number of benzene rings is 2. The van der Waals surface area contributed by atoms with Crippen molar-refractivity contribution in [2.45, 2.75) is 0 Å². The van der Waals surface area contributed by atoms with Gasteiger partial charge in [0.1, 0.15) is 11.5 Å². The Bertz CT molecular complexity index is 818. The molecule has 0 fully saturated rings. The molecule has 0 atom stereocenters. The highest BCUT2D eigenvalue weighted by Gasteiger charge is 2.15. The number of nitrogens with zero attached hydrogens (tertiary/aromatic N) is 1. The van der Waals surface area contributed by atoms with Gasteiger partial charge in [-0.25, -0.2) is 4.98 Å². The fourth-order valence-electron chi connectivity index (χ4n) is 1.86. The Morgan fingerprint density at radius 3 is 2.21 bits per heavy atom. The minimum atomic E-state index is -0.769. The Kier molecular flexibility index (Phi) is 4.83. The molecule has 1 heterocycles. The van der Waals surface area contributed by atoms with Crippen molar-refractivity contribution in [3.05, 3.63) is 66.2 Å². The van der Waals surface area contributed by atoms with Crippen LogP contribution >= 0.6 is 11.3 Å². The summed E-state index contributed by atoms with van der Waals surface area (Å²) in [4.78, 5) is 27.5. The average molecular weight is 339 g/mol. The lowest BCUT2D eigenvalue weighted by atomic mass is 10.3. The molecule has 6 nitrogen and oxygen atoms in total. The molecular formula is C17H13N3O3S. The summed E-state index contributed by atoms with van der Waals surface area (Å²) in [5, 5.41) is 7.02. The Hall–Kier alpha value is -3.19. The predicted octanol–water partition coefficient (Wildman–Crippen LogP) is 3.51. The standard InChI is InChI=1S/C17H13N3O3S/c21-15(16(22)20-17-18-10-11-24-17)19-12-6-8-14(9-7-12)23-13-4-2-1-3-5-13/h1-11H,(H,19,21)(H,18,20,22). The Morgan fingerprint density at radius 2 is 1.54 bits per heavy atom. The summed E-state index contributed by atoms with van der Waals surface area (Å²) in [7, 11) is 0. The number of hydrogen-bond donors (Lipinski definition) is 2. The van der Waals surface area contributed by atoms with Crippen LogP contribution in [0.25, 0.3) is 0 Å². The van der Waals surface area contributed by atoms with Crippen molar-refractivity contribution in [2.75, 3.05) is 10.6 Å². The van der Waals surface area contributed by atoms with Crippen LogP contribution in [0.5, 0.6) is 11.5 Å². The van der Waals surface area contributed by atoms with Gasteiger partial charge in [0, 0.05) is 17.3 Å². The van der Waals surface area contributed by atoms with Crippen molar-refractivity contribution in [3.8, 4) is 11.5 Å². The molecule has 0 radical (unpaired) electrons. The van der Waals surface area contributed by atoms with Crippen LogP contribution in [-0.4, -0.2) is 16.8 Å². The third-order valence-electron chi connectivity index (χ3n) is 2.95. The maximum atomic E-state index is 11.8. The van der Waals surface area contributed by atoms with Crippen molar-refractivity contribution in [1.82, 2.24) is 4.98 Å². The molecule has 0 saturated carbocycles. The first kappa shape index (κ1) is 15.7. The fourth-order valence-corrected chi connectivity index (χ4v) is 2.38. The van der Waals surface area contributed by atoms with E-state index >= 15 is 0 Å². The second-order valence-electron chi connectivity index (χ2n) is 4.68. The van der Waals surface area contributed by atoms with E-state index in [1.807, 2.05) is 30.3 Å². The molecule has 3 aromatic rings. The molecule has 2 aromatic carbocycles. The number of nitrogens with one attached hydrogen (secondary N) is 2. The van der Waals surface area contributed by atoms with E-state index in [2.05, 4.69) is 15.6 Å².